The Morgan fingerprint density at radius 3 is 2.25 bits per heavy atom. The lowest BCUT2D eigenvalue weighted by Crippen LogP contribution is -2.56. The van der Waals surface area contributed by atoms with Crippen LogP contribution in [-0.2, 0) is 46.6 Å². The van der Waals surface area contributed by atoms with Crippen LogP contribution in [0, 0.1) is 11.8 Å². The average Bonchev–Trinajstić information content (AvgIpc) is 3.28. The maximum absolute atomic E-state index is 13.7. The molecule has 0 aromatic rings. The van der Waals surface area contributed by atoms with Gasteiger partial charge in [-0.05, 0) is 64.2 Å². The Hall–Kier alpha value is -2.71. The zero-order valence-corrected chi connectivity index (χ0v) is 41.3. The minimum Gasteiger partial charge on any atom is -0.462 e. The highest BCUT2D eigenvalue weighted by molar-refractivity contribution is 7.47. The van der Waals surface area contributed by atoms with Gasteiger partial charge in [0.05, 0.1) is 31.0 Å². The lowest BCUT2D eigenvalue weighted by Gasteiger charge is -2.38. The molecule has 0 saturated heterocycles. The summed E-state index contributed by atoms with van der Waals surface area (Å²) >= 11 is 0. The summed E-state index contributed by atoms with van der Waals surface area (Å²) in [5, 5.41) is 68.0. The van der Waals surface area contributed by atoms with Crippen LogP contribution < -0.4 is 0 Å². The SMILES string of the molecule is CC/C=C\C/C=C\C/C=C\CCCCCCCC(=O)OC[C@@H]1COP(=O)(O)O[C@H]2[C@H](O)[C@@H](O)[C@H](O)[C@@H](C/C=C\CCCC(=O)O1)C(=O)C[C@@H](O)[C@H](/C=C/[C@@H](O)CCCCC)[C@@H](O)[C@H]2OP(=O)(O)O. The number of aliphatic hydroxyl groups excluding tert-OH is 6. The number of phosphoric ester groups is 2. The molecule has 2 aliphatic rings. The van der Waals surface area contributed by atoms with Crippen molar-refractivity contribution in [2.45, 2.75) is 191 Å². The van der Waals surface area contributed by atoms with E-state index in [0.717, 1.165) is 76.4 Å². The number of hydrogen-bond donors (Lipinski definition) is 9. The highest BCUT2D eigenvalue weighted by Gasteiger charge is 2.51. The molecule has 1 aliphatic heterocycles. The molecular formula is C47H78O19P2. The Bertz CT molecular complexity index is 1710. The predicted molar refractivity (Wildman–Crippen MR) is 251 cm³/mol. The number of carbonyl (C=O) groups is 3. The molecule has 12 atom stereocenters. The van der Waals surface area contributed by atoms with Gasteiger partial charge in [-0.3, -0.25) is 28.0 Å². The van der Waals surface area contributed by atoms with Crippen LogP contribution in [0.25, 0.3) is 0 Å². The van der Waals surface area contributed by atoms with Crippen LogP contribution in [0.2, 0.25) is 0 Å². The van der Waals surface area contributed by atoms with Gasteiger partial charge in [0, 0.05) is 31.1 Å². The van der Waals surface area contributed by atoms with Crippen molar-refractivity contribution in [3.63, 3.8) is 0 Å². The normalized spacial score (nSPS) is 31.0. The third kappa shape index (κ3) is 25.4. The molecule has 2 rings (SSSR count). The fourth-order valence-electron chi connectivity index (χ4n) is 7.62. The summed E-state index contributed by atoms with van der Waals surface area (Å²) in [5.41, 5.74) is 0. The molecule has 390 valence electrons. The molecule has 1 heterocycles. The molecule has 68 heavy (non-hydrogen) atoms. The summed E-state index contributed by atoms with van der Waals surface area (Å²) < 4.78 is 52.0. The molecule has 1 saturated carbocycles. The molecule has 0 amide bonds. The van der Waals surface area contributed by atoms with Gasteiger partial charge in [-0.15, -0.1) is 0 Å². The van der Waals surface area contributed by atoms with Crippen LogP contribution in [0.1, 0.15) is 136 Å². The van der Waals surface area contributed by atoms with Crippen LogP contribution in [0.5, 0.6) is 0 Å². The van der Waals surface area contributed by atoms with Crippen LogP contribution in [0.4, 0.5) is 0 Å². The topological polar surface area (TPSA) is 314 Å². The van der Waals surface area contributed by atoms with Crippen LogP contribution in [-0.4, -0.2) is 131 Å². The Kier molecular flexibility index (Phi) is 30.5. The summed E-state index contributed by atoms with van der Waals surface area (Å²) in [4.78, 5) is 70.3. The van der Waals surface area contributed by atoms with E-state index < -0.39 is 120 Å². The summed E-state index contributed by atoms with van der Waals surface area (Å²) in [6, 6.07) is 0. The van der Waals surface area contributed by atoms with Crippen molar-refractivity contribution in [3.8, 4) is 0 Å². The van der Waals surface area contributed by atoms with E-state index in [-0.39, 0.29) is 38.5 Å². The molecule has 1 aliphatic carbocycles. The highest BCUT2D eigenvalue weighted by Crippen LogP contribution is 2.49. The second-order valence-electron chi connectivity index (χ2n) is 17.2. The van der Waals surface area contributed by atoms with Crippen molar-refractivity contribution in [2.24, 2.45) is 11.8 Å². The first-order valence-electron chi connectivity index (χ1n) is 23.9. The zero-order chi connectivity index (χ0) is 50.5. The molecule has 21 heteroatoms. The minimum absolute atomic E-state index is 0.0291. The number of rotatable bonds is 23. The number of ketones is 1. The smallest absolute Gasteiger partial charge is 0.462 e. The van der Waals surface area contributed by atoms with E-state index in [1.165, 1.54) is 6.08 Å². The van der Waals surface area contributed by atoms with Crippen molar-refractivity contribution < 1.29 is 91.9 Å². The maximum Gasteiger partial charge on any atom is 0.472 e. The molecule has 0 spiro atoms. The first-order chi connectivity index (χ1) is 32.3. The highest BCUT2D eigenvalue weighted by atomic mass is 31.2. The van der Waals surface area contributed by atoms with Gasteiger partial charge in [0.1, 0.15) is 36.8 Å². The van der Waals surface area contributed by atoms with Crippen LogP contribution in [0.3, 0.4) is 0 Å². The second kappa shape index (κ2) is 33.8. The van der Waals surface area contributed by atoms with Crippen LogP contribution >= 0.6 is 15.6 Å². The van der Waals surface area contributed by atoms with E-state index in [1.807, 2.05) is 6.92 Å². The van der Waals surface area contributed by atoms with Gasteiger partial charge in [-0.25, -0.2) is 9.13 Å². The second-order valence-corrected chi connectivity index (χ2v) is 19.8. The summed E-state index contributed by atoms with van der Waals surface area (Å²) in [6.45, 7) is 2.41. The molecule has 2 bridgehead atoms. The standard InChI is InChI=1S/C47H78O19P2/c1-3-5-7-8-9-10-11-12-13-14-15-16-17-18-23-27-40(51)62-32-35-33-63-68(60,61)66-47-45(56)44(55)42(53)36(26-22-19-20-24-28-41(52)64-35)38(49)31-39(50)37(30-29-34(48)25-21-6-4-2)43(54)46(47)65-67(57,58)59/h5,7,9-10,12-13,19,22,29-30,34-37,39,42-48,50,53-56H,3-4,6,8,11,14-18,20-21,23-28,31-33H2,1-2H3,(H,60,61)(H2,57,58,59)/b7-5-,10-9-,13-12-,22-19-,30-29+/t34-,35+,36-,37-,39+,42+,43+,44-,45+,46+,47-/m0/s1. The number of ether oxygens (including phenoxy) is 2. The zero-order valence-electron chi connectivity index (χ0n) is 39.5. The molecule has 0 aromatic carbocycles. The fourth-order valence-corrected chi connectivity index (χ4v) is 9.15. The lowest BCUT2D eigenvalue weighted by atomic mass is 9.84. The number of unbranched alkanes of at least 4 members (excludes halogenated alkanes) is 7. The van der Waals surface area contributed by atoms with E-state index in [0.29, 0.717) is 12.8 Å². The molecule has 1 unspecified atom stereocenters. The molecule has 19 nitrogen and oxygen atoms in total. The van der Waals surface area contributed by atoms with E-state index in [4.69, 9.17) is 23.0 Å². The summed E-state index contributed by atoms with van der Waals surface area (Å²) in [5.74, 6) is -5.69. The monoisotopic (exact) mass is 1010 g/mol. The van der Waals surface area contributed by atoms with Crippen molar-refractivity contribution in [2.75, 3.05) is 13.2 Å². The largest absolute Gasteiger partial charge is 0.472 e. The molecule has 0 radical (unpaired) electrons. The van der Waals surface area contributed by atoms with Gasteiger partial charge in [0.15, 0.2) is 6.10 Å². The number of aliphatic hydroxyl groups is 6. The Morgan fingerprint density at radius 1 is 0.882 bits per heavy atom. The minimum atomic E-state index is -5.79. The Balaban J connectivity index is 2.32. The predicted octanol–water partition coefficient (Wildman–Crippen LogP) is 5.65. The third-order valence-electron chi connectivity index (χ3n) is 11.4. The molecule has 0 aromatic heterocycles. The number of phosphoric acid groups is 2. The molecule has 1 fully saturated rings. The number of carbonyl (C=O) groups excluding carboxylic acids is 3. The van der Waals surface area contributed by atoms with Gasteiger partial charge in [-0.2, -0.15) is 0 Å². The van der Waals surface area contributed by atoms with Gasteiger partial charge in [0.25, 0.3) is 0 Å². The summed E-state index contributed by atoms with van der Waals surface area (Å²) in [6.07, 6.45) is 7.74. The van der Waals surface area contributed by atoms with Crippen molar-refractivity contribution in [1.29, 1.82) is 0 Å². The third-order valence-corrected chi connectivity index (χ3v) is 12.9. The van der Waals surface area contributed by atoms with Gasteiger partial charge in [-0.1, -0.05) is 113 Å². The van der Waals surface area contributed by atoms with E-state index >= 15 is 0 Å². The number of Topliss-reactive ketones (excluding diaryl/α,β-unsaturated/α-hetero) is 1. The van der Waals surface area contributed by atoms with Crippen molar-refractivity contribution in [1.82, 2.24) is 0 Å². The van der Waals surface area contributed by atoms with Gasteiger partial charge >= 0.3 is 27.6 Å². The van der Waals surface area contributed by atoms with Crippen LogP contribution in [0.15, 0.2) is 60.8 Å². The first-order valence-corrected chi connectivity index (χ1v) is 27.0. The van der Waals surface area contributed by atoms with E-state index in [2.05, 4.69) is 43.4 Å². The van der Waals surface area contributed by atoms with E-state index in [1.54, 1.807) is 6.08 Å². The first kappa shape index (κ1) is 61.4. The quantitative estimate of drug-likeness (QED) is 0.0258. The van der Waals surface area contributed by atoms with Gasteiger partial charge < -0.3 is 54.8 Å². The Morgan fingerprint density at radius 2 is 1.56 bits per heavy atom. The lowest BCUT2D eigenvalue weighted by molar-refractivity contribution is -0.165. The fraction of sp³-hybridized carbons (Fsp3) is 0.723. The Labute approximate surface area is 400 Å². The average molecular weight is 1010 g/mol. The number of allylic oxidation sites excluding steroid dienone is 8. The number of fused-ring (bicyclic) bond motifs is 4. The summed E-state index contributed by atoms with van der Waals surface area (Å²) in [7, 11) is -11.5. The number of esters is 2. The maximum atomic E-state index is 13.7. The number of hydrogen-bond acceptors (Lipinski definition) is 16. The van der Waals surface area contributed by atoms with E-state index in [9.17, 15) is 68.8 Å². The molecule has 9 N–H and O–H groups in total. The van der Waals surface area contributed by atoms with Crippen molar-refractivity contribution in [3.05, 3.63) is 60.8 Å². The van der Waals surface area contributed by atoms with Gasteiger partial charge in [0.2, 0.25) is 0 Å². The molecular weight excluding hydrogens is 930 g/mol. The van der Waals surface area contributed by atoms with Crippen molar-refractivity contribution >= 4 is 33.4 Å². The number of cyclic esters (lactones) is 1.